The van der Waals surface area contributed by atoms with Crippen molar-refractivity contribution in [3.05, 3.63) is 36.4 Å². The summed E-state index contributed by atoms with van der Waals surface area (Å²) in [5.41, 5.74) is 4.56. The van der Waals surface area contributed by atoms with Crippen molar-refractivity contribution in [3.63, 3.8) is 0 Å². The summed E-state index contributed by atoms with van der Waals surface area (Å²) in [7, 11) is 4.16. The molecule has 2 unspecified atom stereocenters. The second-order valence-corrected chi connectivity index (χ2v) is 6.98. The third-order valence-corrected chi connectivity index (χ3v) is 5.78. The summed E-state index contributed by atoms with van der Waals surface area (Å²) in [5, 5.41) is 5.46. The number of hydrogen-bond acceptors (Lipinski definition) is 3. The van der Waals surface area contributed by atoms with Crippen molar-refractivity contribution in [1.29, 1.82) is 0 Å². The molecule has 0 aromatic carbocycles. The zero-order valence-corrected chi connectivity index (χ0v) is 14.2. The standard InChI is InChI=1S/C18H23N5/c1-12-5-6-22(3)18(12,2)14-7-15-16(10-20-17(15)19-9-14)13-8-21-23(4)11-13/h7-12H,5-6H2,1-4H3,(H,19,20). The second kappa shape index (κ2) is 4.93. The minimum Gasteiger partial charge on any atom is -0.346 e. The zero-order chi connectivity index (χ0) is 16.2. The number of H-pyrrole nitrogens is 1. The number of fused-ring (bicyclic) bond motifs is 1. The first-order valence-electron chi connectivity index (χ1n) is 8.18. The van der Waals surface area contributed by atoms with E-state index in [4.69, 9.17) is 0 Å². The van der Waals surface area contributed by atoms with Crippen molar-refractivity contribution < 1.29 is 0 Å². The van der Waals surface area contributed by atoms with Crippen LogP contribution in [0.25, 0.3) is 22.2 Å². The number of rotatable bonds is 2. The van der Waals surface area contributed by atoms with E-state index < -0.39 is 0 Å². The van der Waals surface area contributed by atoms with Crippen LogP contribution in [-0.4, -0.2) is 38.2 Å². The molecule has 0 radical (unpaired) electrons. The number of hydrogen-bond donors (Lipinski definition) is 1. The van der Waals surface area contributed by atoms with Gasteiger partial charge in [-0.1, -0.05) is 6.92 Å². The van der Waals surface area contributed by atoms with E-state index in [1.54, 1.807) is 0 Å². The van der Waals surface area contributed by atoms with Gasteiger partial charge in [0.1, 0.15) is 5.65 Å². The van der Waals surface area contributed by atoms with Gasteiger partial charge in [0.25, 0.3) is 0 Å². The molecule has 1 saturated heterocycles. The maximum absolute atomic E-state index is 4.68. The van der Waals surface area contributed by atoms with E-state index in [1.165, 1.54) is 22.9 Å². The van der Waals surface area contributed by atoms with Gasteiger partial charge in [0.2, 0.25) is 0 Å². The van der Waals surface area contributed by atoms with Crippen LogP contribution in [0.1, 0.15) is 25.8 Å². The molecule has 1 N–H and O–H groups in total. The van der Waals surface area contributed by atoms with Crippen LogP contribution in [0.15, 0.2) is 30.9 Å². The summed E-state index contributed by atoms with van der Waals surface area (Å²) in [6, 6.07) is 2.31. The lowest BCUT2D eigenvalue weighted by Crippen LogP contribution is -2.39. The van der Waals surface area contributed by atoms with Crippen molar-refractivity contribution in [3.8, 4) is 11.1 Å². The molecule has 1 aliphatic rings. The van der Waals surface area contributed by atoms with Crippen LogP contribution in [0.2, 0.25) is 0 Å². The van der Waals surface area contributed by atoms with Crippen molar-refractivity contribution in [2.24, 2.45) is 13.0 Å². The molecule has 0 saturated carbocycles. The minimum atomic E-state index is 0.0463. The molecule has 3 aromatic rings. The lowest BCUT2D eigenvalue weighted by Gasteiger charge is -2.36. The number of aryl methyl sites for hydroxylation is 1. The Morgan fingerprint density at radius 2 is 2.13 bits per heavy atom. The Morgan fingerprint density at radius 3 is 2.78 bits per heavy atom. The van der Waals surface area contributed by atoms with Gasteiger partial charge in [-0.3, -0.25) is 9.58 Å². The van der Waals surface area contributed by atoms with Crippen LogP contribution in [0, 0.1) is 5.92 Å². The molecule has 1 aliphatic heterocycles. The molecular weight excluding hydrogens is 286 g/mol. The summed E-state index contributed by atoms with van der Waals surface area (Å²) in [6.07, 6.45) is 9.24. The molecule has 4 heterocycles. The topological polar surface area (TPSA) is 49.7 Å². The van der Waals surface area contributed by atoms with Crippen molar-refractivity contribution in [1.82, 2.24) is 24.6 Å². The van der Waals surface area contributed by atoms with Crippen molar-refractivity contribution in [2.75, 3.05) is 13.6 Å². The molecular formula is C18H23N5. The lowest BCUT2D eigenvalue weighted by molar-refractivity contribution is 0.158. The van der Waals surface area contributed by atoms with Crippen LogP contribution in [0.5, 0.6) is 0 Å². The van der Waals surface area contributed by atoms with Gasteiger partial charge in [-0.25, -0.2) is 4.98 Å². The Bertz CT molecular complexity index is 849. The Morgan fingerprint density at radius 1 is 1.30 bits per heavy atom. The van der Waals surface area contributed by atoms with Crippen LogP contribution >= 0.6 is 0 Å². The molecule has 4 rings (SSSR count). The Labute approximate surface area is 136 Å². The van der Waals surface area contributed by atoms with Crippen molar-refractivity contribution >= 4 is 11.0 Å². The largest absolute Gasteiger partial charge is 0.346 e. The van der Waals surface area contributed by atoms with E-state index in [2.05, 4.69) is 46.9 Å². The maximum atomic E-state index is 4.68. The van der Waals surface area contributed by atoms with E-state index in [-0.39, 0.29) is 5.54 Å². The minimum absolute atomic E-state index is 0.0463. The van der Waals surface area contributed by atoms with Crippen LogP contribution in [0.3, 0.4) is 0 Å². The smallest absolute Gasteiger partial charge is 0.137 e. The summed E-state index contributed by atoms with van der Waals surface area (Å²) in [4.78, 5) is 10.4. The van der Waals surface area contributed by atoms with E-state index in [0.29, 0.717) is 5.92 Å². The summed E-state index contributed by atoms with van der Waals surface area (Å²) < 4.78 is 1.83. The van der Waals surface area contributed by atoms with Crippen LogP contribution in [0.4, 0.5) is 0 Å². The predicted molar refractivity (Wildman–Crippen MR) is 92.1 cm³/mol. The first-order valence-corrected chi connectivity index (χ1v) is 8.18. The zero-order valence-electron chi connectivity index (χ0n) is 14.2. The summed E-state index contributed by atoms with van der Waals surface area (Å²) in [5.74, 6) is 0.618. The highest BCUT2D eigenvalue weighted by molar-refractivity contribution is 5.93. The van der Waals surface area contributed by atoms with E-state index >= 15 is 0 Å². The number of nitrogens with one attached hydrogen (secondary N) is 1. The Hall–Kier alpha value is -2.14. The summed E-state index contributed by atoms with van der Waals surface area (Å²) >= 11 is 0. The van der Waals surface area contributed by atoms with Crippen LogP contribution in [-0.2, 0) is 12.6 Å². The Balaban J connectivity index is 1.87. The molecule has 120 valence electrons. The number of aromatic amines is 1. The van der Waals surface area contributed by atoms with Gasteiger partial charge in [0.05, 0.1) is 6.20 Å². The average Bonchev–Trinajstić information content (AvgIpc) is 3.21. The molecule has 0 amide bonds. The van der Waals surface area contributed by atoms with E-state index in [1.807, 2.05) is 36.5 Å². The average molecular weight is 309 g/mol. The lowest BCUT2D eigenvalue weighted by atomic mass is 9.82. The van der Waals surface area contributed by atoms with Gasteiger partial charge in [-0.15, -0.1) is 0 Å². The van der Waals surface area contributed by atoms with Gasteiger partial charge in [0, 0.05) is 47.7 Å². The number of pyridine rings is 1. The SMILES string of the molecule is CC1CCN(C)C1(C)c1cnc2[nH]cc(-c3cnn(C)c3)c2c1. The van der Waals surface area contributed by atoms with E-state index in [9.17, 15) is 0 Å². The fraction of sp³-hybridized carbons (Fsp3) is 0.444. The molecule has 0 spiro atoms. The molecule has 1 fully saturated rings. The molecule has 23 heavy (non-hydrogen) atoms. The normalized spacial score (nSPS) is 25.5. The molecule has 0 bridgehead atoms. The maximum Gasteiger partial charge on any atom is 0.137 e. The molecule has 3 aromatic heterocycles. The van der Waals surface area contributed by atoms with Gasteiger partial charge in [-0.2, -0.15) is 5.10 Å². The Kier molecular flexibility index (Phi) is 3.10. The first-order chi connectivity index (χ1) is 11.0. The first kappa shape index (κ1) is 14.5. The number of nitrogens with zero attached hydrogens (tertiary/aromatic N) is 4. The predicted octanol–water partition coefficient (Wildman–Crippen LogP) is 3.15. The third kappa shape index (κ3) is 2.03. The third-order valence-electron chi connectivity index (χ3n) is 5.78. The molecule has 5 heteroatoms. The molecule has 0 aliphatic carbocycles. The van der Waals surface area contributed by atoms with Gasteiger partial charge >= 0.3 is 0 Å². The van der Waals surface area contributed by atoms with Crippen molar-refractivity contribution in [2.45, 2.75) is 25.8 Å². The molecule has 5 nitrogen and oxygen atoms in total. The molecule has 2 atom stereocenters. The highest BCUT2D eigenvalue weighted by Crippen LogP contribution is 2.42. The van der Waals surface area contributed by atoms with Gasteiger partial charge < -0.3 is 4.98 Å². The fourth-order valence-electron chi connectivity index (χ4n) is 3.86. The van der Waals surface area contributed by atoms with E-state index in [0.717, 1.165) is 17.8 Å². The fourth-order valence-corrected chi connectivity index (χ4v) is 3.86. The van der Waals surface area contributed by atoms with Gasteiger partial charge in [-0.05, 0) is 44.5 Å². The number of likely N-dealkylation sites (tertiary alicyclic amines) is 1. The monoisotopic (exact) mass is 309 g/mol. The summed E-state index contributed by atoms with van der Waals surface area (Å²) in [6.45, 7) is 5.81. The second-order valence-electron chi connectivity index (χ2n) is 6.98. The quantitative estimate of drug-likeness (QED) is 0.791. The van der Waals surface area contributed by atoms with Gasteiger partial charge in [0.15, 0.2) is 0 Å². The highest BCUT2D eigenvalue weighted by atomic mass is 15.2. The number of aromatic nitrogens is 4. The highest BCUT2D eigenvalue weighted by Gasteiger charge is 2.42. The van der Waals surface area contributed by atoms with Crippen LogP contribution < -0.4 is 0 Å².